The molecule has 0 unspecified atom stereocenters. The van der Waals surface area contributed by atoms with E-state index in [9.17, 15) is 0 Å². The second kappa shape index (κ2) is 4.10. The van der Waals surface area contributed by atoms with Crippen molar-refractivity contribution in [1.82, 2.24) is 5.48 Å². The Labute approximate surface area is 81.1 Å². The summed E-state index contributed by atoms with van der Waals surface area (Å²) < 4.78 is 0. The molecule has 2 N–H and O–H groups in total. The van der Waals surface area contributed by atoms with Gasteiger partial charge in [0.1, 0.15) is 0 Å². The zero-order valence-corrected chi connectivity index (χ0v) is 8.02. The fraction of sp³-hybridized carbons (Fsp3) is 0.250. The van der Waals surface area contributed by atoms with E-state index >= 15 is 0 Å². The van der Waals surface area contributed by atoms with E-state index < -0.39 is 0 Å². The Hall–Kier alpha value is -0.280. The predicted octanol–water partition coefficient (Wildman–Crippen LogP) is 3.03. The molecule has 0 aliphatic heterocycles. The summed E-state index contributed by atoms with van der Waals surface area (Å²) in [6.07, 6.45) is 0. The molecule has 0 bridgehead atoms. The molecule has 66 valence electrons. The van der Waals surface area contributed by atoms with Crippen LogP contribution in [0.3, 0.4) is 0 Å². The van der Waals surface area contributed by atoms with Gasteiger partial charge in [0, 0.05) is 0 Å². The third kappa shape index (κ3) is 2.11. The zero-order chi connectivity index (χ0) is 9.14. The molecule has 0 spiro atoms. The smallest absolute Gasteiger partial charge is 0.0595 e. The molecule has 4 heteroatoms. The van der Waals surface area contributed by atoms with Crippen molar-refractivity contribution in [1.29, 1.82) is 0 Å². The molecule has 1 atom stereocenters. The highest BCUT2D eigenvalue weighted by molar-refractivity contribution is 6.42. The van der Waals surface area contributed by atoms with E-state index in [1.54, 1.807) is 12.1 Å². The molecule has 12 heavy (non-hydrogen) atoms. The summed E-state index contributed by atoms with van der Waals surface area (Å²) in [5.41, 5.74) is 3.02. The van der Waals surface area contributed by atoms with Gasteiger partial charge in [0.2, 0.25) is 0 Å². The average molecular weight is 206 g/mol. The van der Waals surface area contributed by atoms with E-state index in [-0.39, 0.29) is 6.04 Å². The van der Waals surface area contributed by atoms with Gasteiger partial charge in [-0.1, -0.05) is 29.3 Å². The molecule has 0 heterocycles. The molecular weight excluding hydrogens is 197 g/mol. The predicted molar refractivity (Wildman–Crippen MR) is 49.8 cm³/mol. The van der Waals surface area contributed by atoms with Crippen molar-refractivity contribution in [2.45, 2.75) is 13.0 Å². The van der Waals surface area contributed by atoms with Crippen LogP contribution in [0.1, 0.15) is 18.5 Å². The number of hydroxylamine groups is 1. The minimum Gasteiger partial charge on any atom is -0.316 e. The minimum absolute atomic E-state index is 0.139. The highest BCUT2D eigenvalue weighted by atomic mass is 35.5. The zero-order valence-electron chi connectivity index (χ0n) is 6.51. The van der Waals surface area contributed by atoms with Crippen LogP contribution < -0.4 is 5.48 Å². The van der Waals surface area contributed by atoms with Gasteiger partial charge in [-0.15, -0.1) is 0 Å². The Morgan fingerprint density at radius 1 is 1.33 bits per heavy atom. The molecule has 1 aromatic rings. The van der Waals surface area contributed by atoms with E-state index in [0.717, 1.165) is 5.56 Å². The quantitative estimate of drug-likeness (QED) is 0.729. The summed E-state index contributed by atoms with van der Waals surface area (Å²) >= 11 is 11.5. The first kappa shape index (κ1) is 9.81. The van der Waals surface area contributed by atoms with Crippen LogP contribution in [0.15, 0.2) is 18.2 Å². The van der Waals surface area contributed by atoms with Crippen molar-refractivity contribution < 1.29 is 5.21 Å². The molecule has 0 aliphatic carbocycles. The summed E-state index contributed by atoms with van der Waals surface area (Å²) in [6.45, 7) is 1.82. The minimum atomic E-state index is -0.139. The third-order valence-corrected chi connectivity index (χ3v) is 2.38. The van der Waals surface area contributed by atoms with Gasteiger partial charge >= 0.3 is 0 Å². The third-order valence-electron chi connectivity index (χ3n) is 1.64. The van der Waals surface area contributed by atoms with Gasteiger partial charge in [-0.25, -0.2) is 0 Å². The molecule has 0 aromatic heterocycles. The number of rotatable bonds is 2. The first-order chi connectivity index (χ1) is 5.65. The number of nitrogens with one attached hydrogen (secondary N) is 1. The number of halogens is 2. The Balaban J connectivity index is 2.96. The standard InChI is InChI=1S/C8H9Cl2NO/c1-5(11-12)6-2-3-7(9)8(10)4-6/h2-5,11-12H,1H3/t5-/m1/s1. The Morgan fingerprint density at radius 3 is 2.50 bits per heavy atom. The lowest BCUT2D eigenvalue weighted by Gasteiger charge is -2.09. The largest absolute Gasteiger partial charge is 0.316 e. The summed E-state index contributed by atoms with van der Waals surface area (Å²) in [5.74, 6) is 0. The Kier molecular flexibility index (Phi) is 3.35. The van der Waals surface area contributed by atoms with Crippen molar-refractivity contribution in [2.24, 2.45) is 0 Å². The average Bonchev–Trinajstić information content (AvgIpc) is 2.08. The topological polar surface area (TPSA) is 32.3 Å². The lowest BCUT2D eigenvalue weighted by Crippen LogP contribution is -2.12. The van der Waals surface area contributed by atoms with Gasteiger partial charge in [-0.2, -0.15) is 5.48 Å². The SMILES string of the molecule is C[C@@H](NO)c1ccc(Cl)c(Cl)c1. The summed E-state index contributed by atoms with van der Waals surface area (Å²) in [7, 11) is 0. The molecule has 0 saturated carbocycles. The number of benzene rings is 1. The van der Waals surface area contributed by atoms with Gasteiger partial charge < -0.3 is 5.21 Å². The van der Waals surface area contributed by atoms with Gasteiger partial charge in [-0.3, -0.25) is 0 Å². The van der Waals surface area contributed by atoms with Crippen LogP contribution in [0, 0.1) is 0 Å². The number of hydrogen-bond donors (Lipinski definition) is 2. The Bertz CT molecular complexity index is 278. The van der Waals surface area contributed by atoms with Crippen molar-refractivity contribution in [2.75, 3.05) is 0 Å². The lowest BCUT2D eigenvalue weighted by molar-refractivity contribution is 0.133. The maximum Gasteiger partial charge on any atom is 0.0595 e. The van der Waals surface area contributed by atoms with Crippen molar-refractivity contribution >= 4 is 23.2 Å². The van der Waals surface area contributed by atoms with E-state index in [1.807, 2.05) is 13.0 Å². The summed E-state index contributed by atoms with van der Waals surface area (Å²) in [5, 5.41) is 9.64. The molecule has 0 fully saturated rings. The molecule has 0 amide bonds. The molecule has 2 nitrogen and oxygen atoms in total. The van der Waals surface area contributed by atoms with Crippen LogP contribution in [-0.2, 0) is 0 Å². The van der Waals surface area contributed by atoms with Crippen molar-refractivity contribution in [3.05, 3.63) is 33.8 Å². The normalized spacial score (nSPS) is 13.0. The van der Waals surface area contributed by atoms with Crippen molar-refractivity contribution in [3.8, 4) is 0 Å². The van der Waals surface area contributed by atoms with E-state index in [1.165, 1.54) is 0 Å². The fourth-order valence-electron chi connectivity index (χ4n) is 0.856. The van der Waals surface area contributed by atoms with Gasteiger partial charge in [0.25, 0.3) is 0 Å². The van der Waals surface area contributed by atoms with E-state index in [0.29, 0.717) is 10.0 Å². The lowest BCUT2D eigenvalue weighted by atomic mass is 10.1. The van der Waals surface area contributed by atoms with Crippen molar-refractivity contribution in [3.63, 3.8) is 0 Å². The van der Waals surface area contributed by atoms with Crippen LogP contribution in [0.25, 0.3) is 0 Å². The second-order valence-electron chi connectivity index (χ2n) is 2.52. The molecule has 0 saturated heterocycles. The summed E-state index contributed by atoms with van der Waals surface area (Å²) in [6, 6.07) is 5.09. The van der Waals surface area contributed by atoms with Crippen LogP contribution in [-0.4, -0.2) is 5.21 Å². The molecule has 0 aliphatic rings. The summed E-state index contributed by atoms with van der Waals surface area (Å²) in [4.78, 5) is 0. The van der Waals surface area contributed by atoms with Crippen LogP contribution in [0.5, 0.6) is 0 Å². The van der Waals surface area contributed by atoms with Gasteiger partial charge in [-0.05, 0) is 24.6 Å². The monoisotopic (exact) mass is 205 g/mol. The molecular formula is C8H9Cl2NO. The molecule has 1 rings (SSSR count). The highest BCUT2D eigenvalue weighted by Gasteiger charge is 2.05. The first-order valence-corrected chi connectivity index (χ1v) is 4.25. The fourth-order valence-corrected chi connectivity index (χ4v) is 1.16. The van der Waals surface area contributed by atoms with Gasteiger partial charge in [0.15, 0.2) is 0 Å². The highest BCUT2D eigenvalue weighted by Crippen LogP contribution is 2.25. The number of hydrogen-bond acceptors (Lipinski definition) is 2. The first-order valence-electron chi connectivity index (χ1n) is 3.49. The van der Waals surface area contributed by atoms with Crippen LogP contribution in [0.4, 0.5) is 0 Å². The van der Waals surface area contributed by atoms with Crippen LogP contribution in [0.2, 0.25) is 10.0 Å². The maximum atomic E-state index is 8.62. The van der Waals surface area contributed by atoms with Gasteiger partial charge in [0.05, 0.1) is 16.1 Å². The van der Waals surface area contributed by atoms with Crippen LogP contribution >= 0.6 is 23.2 Å². The molecule has 0 radical (unpaired) electrons. The van der Waals surface area contributed by atoms with E-state index in [4.69, 9.17) is 28.4 Å². The second-order valence-corrected chi connectivity index (χ2v) is 3.34. The Morgan fingerprint density at radius 2 is 2.00 bits per heavy atom. The van der Waals surface area contributed by atoms with E-state index in [2.05, 4.69) is 5.48 Å². The molecule has 1 aromatic carbocycles. The maximum absolute atomic E-state index is 8.62.